The van der Waals surface area contributed by atoms with Gasteiger partial charge in [0.25, 0.3) is 0 Å². The number of halogens is 1. The number of nitrogens with two attached hydrogens (primary N) is 1. The van der Waals surface area contributed by atoms with Gasteiger partial charge in [0.2, 0.25) is 0 Å². The molecule has 0 fully saturated rings. The number of ether oxygens (including phenoxy) is 2. The van der Waals surface area contributed by atoms with Crippen LogP contribution in [0.15, 0.2) is 40.9 Å². The highest BCUT2D eigenvalue weighted by atomic mass is 79.9. The van der Waals surface area contributed by atoms with E-state index in [9.17, 15) is 0 Å². The molecule has 0 saturated heterocycles. The first-order valence-electron chi connectivity index (χ1n) is 5.93. The smallest absolute Gasteiger partial charge is 0.141 e. The maximum atomic E-state index is 5.91. The predicted octanol–water partition coefficient (Wildman–Crippen LogP) is 4.19. The van der Waals surface area contributed by atoms with E-state index in [0.29, 0.717) is 22.1 Å². The van der Waals surface area contributed by atoms with E-state index < -0.39 is 0 Å². The molecular weight excluding hydrogens is 338 g/mol. The molecule has 0 radical (unpaired) electrons. The highest BCUT2D eigenvalue weighted by Crippen LogP contribution is 2.34. The second-order valence-electron chi connectivity index (χ2n) is 4.26. The molecule has 2 aromatic rings. The van der Waals surface area contributed by atoms with Crippen LogP contribution in [-0.4, -0.2) is 12.1 Å². The lowest BCUT2D eigenvalue weighted by Gasteiger charge is -2.13. The highest BCUT2D eigenvalue weighted by Gasteiger charge is 2.10. The Balaban J connectivity index is 2.39. The van der Waals surface area contributed by atoms with Crippen molar-refractivity contribution < 1.29 is 9.47 Å². The van der Waals surface area contributed by atoms with Crippen LogP contribution in [0, 0.1) is 6.92 Å². The zero-order valence-electron chi connectivity index (χ0n) is 11.1. The predicted molar refractivity (Wildman–Crippen MR) is 87.8 cm³/mol. The Bertz CT molecular complexity index is 658. The molecule has 0 amide bonds. The van der Waals surface area contributed by atoms with Crippen LogP contribution in [0.2, 0.25) is 0 Å². The fourth-order valence-electron chi connectivity index (χ4n) is 1.73. The molecule has 2 rings (SSSR count). The second kappa shape index (κ2) is 6.24. The quantitative estimate of drug-likeness (QED) is 0.838. The van der Waals surface area contributed by atoms with Gasteiger partial charge in [0.05, 0.1) is 17.1 Å². The van der Waals surface area contributed by atoms with Crippen LogP contribution in [0.1, 0.15) is 11.1 Å². The van der Waals surface area contributed by atoms with Gasteiger partial charge >= 0.3 is 0 Å². The van der Waals surface area contributed by atoms with Crippen molar-refractivity contribution in [3.8, 4) is 17.2 Å². The second-order valence-corrected chi connectivity index (χ2v) is 5.56. The number of benzene rings is 2. The average molecular weight is 352 g/mol. The summed E-state index contributed by atoms with van der Waals surface area (Å²) in [6.07, 6.45) is 0. The molecule has 5 heteroatoms. The molecule has 0 atom stereocenters. The van der Waals surface area contributed by atoms with Crippen LogP contribution >= 0.6 is 28.1 Å². The van der Waals surface area contributed by atoms with Gasteiger partial charge in [-0.05, 0) is 58.7 Å². The topological polar surface area (TPSA) is 44.5 Å². The van der Waals surface area contributed by atoms with Gasteiger partial charge in [-0.25, -0.2) is 0 Å². The van der Waals surface area contributed by atoms with Crippen molar-refractivity contribution in [2.75, 3.05) is 7.11 Å². The van der Waals surface area contributed by atoms with E-state index in [1.54, 1.807) is 7.11 Å². The number of hydrogen-bond acceptors (Lipinski definition) is 3. The molecule has 2 N–H and O–H groups in total. The van der Waals surface area contributed by atoms with Crippen LogP contribution in [0.3, 0.4) is 0 Å². The van der Waals surface area contributed by atoms with Gasteiger partial charge in [-0.1, -0.05) is 18.3 Å². The normalized spacial score (nSPS) is 10.2. The Kier molecular flexibility index (Phi) is 4.62. The van der Waals surface area contributed by atoms with Gasteiger partial charge in [-0.15, -0.1) is 0 Å². The summed E-state index contributed by atoms with van der Waals surface area (Å²) in [6.45, 7) is 1.99. The maximum Gasteiger partial charge on any atom is 0.141 e. The summed E-state index contributed by atoms with van der Waals surface area (Å²) in [4.78, 5) is 0.310. The van der Waals surface area contributed by atoms with E-state index in [1.807, 2.05) is 43.3 Å². The zero-order valence-corrected chi connectivity index (χ0v) is 13.5. The van der Waals surface area contributed by atoms with Crippen molar-refractivity contribution in [3.05, 3.63) is 52.0 Å². The van der Waals surface area contributed by atoms with Crippen molar-refractivity contribution in [2.24, 2.45) is 5.73 Å². The molecule has 0 saturated carbocycles. The van der Waals surface area contributed by atoms with Crippen molar-refractivity contribution in [1.82, 2.24) is 0 Å². The van der Waals surface area contributed by atoms with Crippen molar-refractivity contribution in [2.45, 2.75) is 6.92 Å². The summed E-state index contributed by atoms with van der Waals surface area (Å²) in [6, 6.07) is 11.2. The highest BCUT2D eigenvalue weighted by molar-refractivity contribution is 9.10. The van der Waals surface area contributed by atoms with Crippen molar-refractivity contribution in [3.63, 3.8) is 0 Å². The van der Waals surface area contributed by atoms with Gasteiger partial charge in [0, 0.05) is 0 Å². The van der Waals surface area contributed by atoms with Crippen molar-refractivity contribution in [1.29, 1.82) is 0 Å². The molecule has 0 aliphatic rings. The third-order valence-corrected chi connectivity index (χ3v) is 3.60. The largest absolute Gasteiger partial charge is 0.497 e. The molecule has 0 unspecified atom stereocenters. The fourth-order valence-corrected chi connectivity index (χ4v) is 2.33. The molecule has 0 aliphatic heterocycles. The van der Waals surface area contributed by atoms with E-state index in [0.717, 1.165) is 15.8 Å². The molecule has 3 nitrogen and oxygen atoms in total. The van der Waals surface area contributed by atoms with E-state index in [1.165, 1.54) is 0 Å². The lowest BCUT2D eigenvalue weighted by molar-refractivity contribution is 0.412. The third kappa shape index (κ3) is 3.29. The van der Waals surface area contributed by atoms with Crippen LogP contribution in [0.4, 0.5) is 0 Å². The summed E-state index contributed by atoms with van der Waals surface area (Å²) in [5.74, 6) is 2.07. The van der Waals surface area contributed by atoms with Crippen LogP contribution in [0.25, 0.3) is 0 Å². The summed E-state index contributed by atoms with van der Waals surface area (Å²) >= 11 is 8.50. The van der Waals surface area contributed by atoms with E-state index in [2.05, 4.69) is 15.9 Å². The molecule has 2 aromatic carbocycles. The van der Waals surface area contributed by atoms with Gasteiger partial charge < -0.3 is 15.2 Å². The zero-order chi connectivity index (χ0) is 14.7. The minimum absolute atomic E-state index is 0.310. The van der Waals surface area contributed by atoms with Gasteiger partial charge in [-0.2, -0.15) is 0 Å². The molecule has 0 aliphatic carbocycles. The monoisotopic (exact) mass is 351 g/mol. The number of rotatable bonds is 4. The summed E-state index contributed by atoms with van der Waals surface area (Å²) in [5.41, 5.74) is 7.51. The molecule has 0 bridgehead atoms. The Morgan fingerprint density at radius 3 is 2.50 bits per heavy atom. The van der Waals surface area contributed by atoms with Gasteiger partial charge in [0.15, 0.2) is 0 Å². The standard InChI is InChI=1S/C15H14BrNO2S/c1-9-3-5-11(15(17)20)14(7-9)19-13-6-4-10(18-2)8-12(13)16/h3-8H,1-2H3,(H2,17,20). The van der Waals surface area contributed by atoms with Gasteiger partial charge in [-0.3, -0.25) is 0 Å². The van der Waals surface area contributed by atoms with E-state index in [4.69, 9.17) is 27.4 Å². The van der Waals surface area contributed by atoms with Crippen LogP contribution in [-0.2, 0) is 0 Å². The molecule has 0 heterocycles. The first-order chi connectivity index (χ1) is 9.51. The SMILES string of the molecule is COc1ccc(Oc2cc(C)ccc2C(N)=S)c(Br)c1. The van der Waals surface area contributed by atoms with E-state index >= 15 is 0 Å². The van der Waals surface area contributed by atoms with Gasteiger partial charge in [0.1, 0.15) is 22.2 Å². The molecule has 0 spiro atoms. The Morgan fingerprint density at radius 2 is 1.90 bits per heavy atom. The molecule has 104 valence electrons. The lowest BCUT2D eigenvalue weighted by Crippen LogP contribution is -2.10. The lowest BCUT2D eigenvalue weighted by atomic mass is 10.1. The number of hydrogen-bond donors (Lipinski definition) is 1. The summed E-state index contributed by atoms with van der Waals surface area (Å²) in [5, 5.41) is 0. The number of aryl methyl sites for hydroxylation is 1. The van der Waals surface area contributed by atoms with Crippen LogP contribution < -0.4 is 15.2 Å². The first kappa shape index (κ1) is 14.8. The average Bonchev–Trinajstić information content (AvgIpc) is 2.40. The molecule has 20 heavy (non-hydrogen) atoms. The Hall–Kier alpha value is -1.59. The number of methoxy groups -OCH3 is 1. The maximum absolute atomic E-state index is 5.91. The number of thiocarbonyl (C=S) groups is 1. The first-order valence-corrected chi connectivity index (χ1v) is 7.13. The molecular formula is C15H14BrNO2S. The Labute approximate surface area is 131 Å². The van der Waals surface area contributed by atoms with Crippen LogP contribution in [0.5, 0.6) is 17.2 Å². The fraction of sp³-hybridized carbons (Fsp3) is 0.133. The minimum atomic E-state index is 0.310. The van der Waals surface area contributed by atoms with Crippen molar-refractivity contribution >= 4 is 33.1 Å². The summed E-state index contributed by atoms with van der Waals surface area (Å²) in [7, 11) is 1.62. The third-order valence-electron chi connectivity index (χ3n) is 2.76. The molecule has 0 aromatic heterocycles. The summed E-state index contributed by atoms with van der Waals surface area (Å²) < 4.78 is 11.9. The Morgan fingerprint density at radius 1 is 1.15 bits per heavy atom. The van der Waals surface area contributed by atoms with E-state index in [-0.39, 0.29) is 0 Å². The minimum Gasteiger partial charge on any atom is -0.497 e.